The average molecular weight is 424 g/mol. The highest BCUT2D eigenvalue weighted by Gasteiger charge is 2.30. The van der Waals surface area contributed by atoms with E-state index < -0.39 is 0 Å². The molecule has 0 aromatic rings. The van der Waals surface area contributed by atoms with Crippen LogP contribution in [-0.4, -0.2) is 88.0 Å². The van der Waals surface area contributed by atoms with Crippen LogP contribution in [0.2, 0.25) is 0 Å². The highest BCUT2D eigenvalue weighted by molar-refractivity contribution is 14.0. The Balaban J connectivity index is 0.00000176. The first-order valence-corrected chi connectivity index (χ1v) is 8.22. The number of hydrogen-bond donors (Lipinski definition) is 1. The molecule has 0 saturated carbocycles. The highest BCUT2D eigenvalue weighted by atomic mass is 127. The van der Waals surface area contributed by atoms with Crippen LogP contribution in [0, 0.1) is 5.92 Å². The van der Waals surface area contributed by atoms with Crippen molar-refractivity contribution in [2.24, 2.45) is 10.9 Å². The largest absolute Gasteiger partial charge is 0.381 e. The maximum absolute atomic E-state index is 5.45. The third-order valence-electron chi connectivity index (χ3n) is 4.81. The van der Waals surface area contributed by atoms with Gasteiger partial charge in [0.2, 0.25) is 0 Å². The van der Waals surface area contributed by atoms with Gasteiger partial charge in [-0.2, -0.15) is 0 Å². The molecule has 0 bridgehead atoms. The molecule has 0 radical (unpaired) electrons. The van der Waals surface area contributed by atoms with Crippen molar-refractivity contribution in [1.29, 1.82) is 0 Å². The summed E-state index contributed by atoms with van der Waals surface area (Å²) in [6.45, 7) is 8.87. The molecule has 0 aromatic carbocycles. The van der Waals surface area contributed by atoms with Gasteiger partial charge in [-0.15, -0.1) is 24.0 Å². The average Bonchev–Trinajstić information content (AvgIpc) is 3.20. The Morgan fingerprint density at radius 3 is 2.64 bits per heavy atom. The van der Waals surface area contributed by atoms with Gasteiger partial charge in [-0.1, -0.05) is 0 Å². The second kappa shape index (κ2) is 9.24. The summed E-state index contributed by atoms with van der Waals surface area (Å²) in [6.07, 6.45) is 2.40. The van der Waals surface area contributed by atoms with E-state index in [9.17, 15) is 0 Å². The minimum absolute atomic E-state index is 0. The van der Waals surface area contributed by atoms with Crippen LogP contribution in [0.1, 0.15) is 12.8 Å². The van der Waals surface area contributed by atoms with Gasteiger partial charge in [0.1, 0.15) is 0 Å². The summed E-state index contributed by atoms with van der Waals surface area (Å²) in [6, 6.07) is 0.655. The van der Waals surface area contributed by atoms with E-state index >= 15 is 0 Å². The fourth-order valence-electron chi connectivity index (χ4n) is 3.49. The van der Waals surface area contributed by atoms with E-state index in [2.05, 4.69) is 20.1 Å². The summed E-state index contributed by atoms with van der Waals surface area (Å²) in [5.74, 6) is 1.69. The molecule has 2 atom stereocenters. The topological polar surface area (TPSA) is 49.3 Å². The molecule has 3 fully saturated rings. The molecule has 3 aliphatic heterocycles. The van der Waals surface area contributed by atoms with E-state index in [0.29, 0.717) is 12.0 Å². The Kier molecular flexibility index (Phi) is 7.66. The van der Waals surface area contributed by atoms with E-state index in [0.717, 1.165) is 65.1 Å². The number of ether oxygens (including phenoxy) is 2. The van der Waals surface area contributed by atoms with Crippen LogP contribution in [0.3, 0.4) is 0 Å². The Labute approximate surface area is 150 Å². The Bertz CT molecular complexity index is 357. The monoisotopic (exact) mass is 424 g/mol. The van der Waals surface area contributed by atoms with Crippen LogP contribution in [0.15, 0.2) is 4.99 Å². The third kappa shape index (κ3) is 4.69. The zero-order valence-corrected chi connectivity index (χ0v) is 15.8. The number of halogens is 1. The number of aliphatic imine (C=N–C) groups is 1. The summed E-state index contributed by atoms with van der Waals surface area (Å²) in [4.78, 5) is 9.43. The number of hydrogen-bond acceptors (Lipinski definition) is 4. The van der Waals surface area contributed by atoms with E-state index in [1.807, 2.05) is 7.05 Å². The predicted octanol–water partition coefficient (Wildman–Crippen LogP) is 0.623. The minimum Gasteiger partial charge on any atom is -0.381 e. The number of guanidine groups is 1. The van der Waals surface area contributed by atoms with Crippen LogP contribution in [0.4, 0.5) is 0 Å². The van der Waals surface area contributed by atoms with Gasteiger partial charge in [0.25, 0.3) is 0 Å². The van der Waals surface area contributed by atoms with Crippen LogP contribution < -0.4 is 5.32 Å². The lowest BCUT2D eigenvalue weighted by molar-refractivity contribution is 0.0195. The molecule has 3 saturated heterocycles. The first-order valence-electron chi connectivity index (χ1n) is 8.22. The van der Waals surface area contributed by atoms with Gasteiger partial charge in [-0.25, -0.2) is 0 Å². The normalized spacial score (nSPS) is 30.4. The number of morpholine rings is 1. The maximum atomic E-state index is 5.45. The lowest BCUT2D eigenvalue weighted by Gasteiger charge is -2.32. The summed E-state index contributed by atoms with van der Waals surface area (Å²) in [5, 5.41) is 3.53. The van der Waals surface area contributed by atoms with Crippen molar-refractivity contribution in [3.63, 3.8) is 0 Å². The molecule has 0 amide bonds. The van der Waals surface area contributed by atoms with E-state index in [1.165, 1.54) is 12.8 Å². The second-order valence-corrected chi connectivity index (χ2v) is 6.19. The highest BCUT2D eigenvalue weighted by Crippen LogP contribution is 2.17. The maximum Gasteiger partial charge on any atom is 0.193 e. The molecule has 7 heteroatoms. The van der Waals surface area contributed by atoms with Crippen molar-refractivity contribution < 1.29 is 9.47 Å². The molecule has 1 N–H and O–H groups in total. The molecular weight excluding hydrogens is 395 g/mol. The van der Waals surface area contributed by atoms with E-state index in [1.54, 1.807) is 0 Å². The van der Waals surface area contributed by atoms with Crippen molar-refractivity contribution in [2.75, 3.05) is 66.2 Å². The number of likely N-dealkylation sites (tertiary alicyclic amines) is 1. The minimum atomic E-state index is 0. The molecular formula is C15H29IN4O2. The second-order valence-electron chi connectivity index (χ2n) is 6.19. The predicted molar refractivity (Wildman–Crippen MR) is 98.1 cm³/mol. The van der Waals surface area contributed by atoms with Crippen LogP contribution in [0.5, 0.6) is 0 Å². The molecule has 22 heavy (non-hydrogen) atoms. The van der Waals surface area contributed by atoms with Crippen molar-refractivity contribution >= 4 is 29.9 Å². The van der Waals surface area contributed by atoms with E-state index in [-0.39, 0.29) is 24.0 Å². The SMILES string of the molecule is CN=C(NCC1CCOC1)N1CCC(N2CCOCC2)C1.I. The molecule has 0 aliphatic carbocycles. The summed E-state index contributed by atoms with van der Waals surface area (Å²) in [7, 11) is 1.88. The summed E-state index contributed by atoms with van der Waals surface area (Å²) in [5.41, 5.74) is 0. The Hall–Kier alpha value is -0.120. The van der Waals surface area contributed by atoms with E-state index in [4.69, 9.17) is 9.47 Å². The smallest absolute Gasteiger partial charge is 0.193 e. The standard InChI is InChI=1S/C15H28N4O2.HI/c1-16-15(17-10-13-3-7-21-12-13)19-4-2-14(11-19)18-5-8-20-9-6-18;/h13-14H,2-12H2,1H3,(H,16,17);1H. The number of nitrogens with zero attached hydrogens (tertiary/aromatic N) is 3. The lowest BCUT2D eigenvalue weighted by atomic mass is 10.1. The third-order valence-corrected chi connectivity index (χ3v) is 4.81. The fraction of sp³-hybridized carbons (Fsp3) is 0.933. The van der Waals surface area contributed by atoms with Crippen molar-refractivity contribution in [1.82, 2.24) is 15.1 Å². The van der Waals surface area contributed by atoms with Crippen LogP contribution >= 0.6 is 24.0 Å². The first kappa shape index (κ1) is 18.2. The van der Waals surface area contributed by atoms with Crippen molar-refractivity contribution in [2.45, 2.75) is 18.9 Å². The van der Waals surface area contributed by atoms with Crippen molar-refractivity contribution in [3.05, 3.63) is 0 Å². The van der Waals surface area contributed by atoms with Gasteiger partial charge in [0.05, 0.1) is 19.8 Å². The molecule has 128 valence electrons. The molecule has 0 spiro atoms. The first-order chi connectivity index (χ1) is 10.4. The quantitative estimate of drug-likeness (QED) is 0.409. The van der Waals surface area contributed by atoms with Crippen molar-refractivity contribution in [3.8, 4) is 0 Å². The fourth-order valence-corrected chi connectivity index (χ4v) is 3.49. The van der Waals surface area contributed by atoms with Gasteiger partial charge < -0.3 is 19.7 Å². The molecule has 2 unspecified atom stereocenters. The molecule has 3 rings (SSSR count). The molecule has 6 nitrogen and oxygen atoms in total. The lowest BCUT2D eigenvalue weighted by Crippen LogP contribution is -2.47. The van der Waals surface area contributed by atoms with Gasteiger partial charge in [0.15, 0.2) is 5.96 Å². The van der Waals surface area contributed by atoms with Gasteiger partial charge in [-0.05, 0) is 12.8 Å². The Morgan fingerprint density at radius 2 is 1.95 bits per heavy atom. The zero-order chi connectivity index (χ0) is 14.5. The molecule has 3 aliphatic rings. The molecule has 3 heterocycles. The zero-order valence-electron chi connectivity index (χ0n) is 13.5. The Morgan fingerprint density at radius 1 is 1.14 bits per heavy atom. The van der Waals surface area contributed by atoms with Gasteiger partial charge in [-0.3, -0.25) is 9.89 Å². The van der Waals surface area contributed by atoms with Crippen LogP contribution in [0.25, 0.3) is 0 Å². The molecule has 0 aromatic heterocycles. The van der Waals surface area contributed by atoms with Crippen LogP contribution in [-0.2, 0) is 9.47 Å². The number of rotatable bonds is 3. The number of nitrogens with one attached hydrogen (secondary N) is 1. The summed E-state index contributed by atoms with van der Waals surface area (Å²) >= 11 is 0. The van der Waals surface area contributed by atoms with Gasteiger partial charge in [0, 0.05) is 58.3 Å². The van der Waals surface area contributed by atoms with Gasteiger partial charge >= 0.3 is 0 Å². The summed E-state index contributed by atoms with van der Waals surface area (Å²) < 4.78 is 10.9.